The van der Waals surface area contributed by atoms with E-state index in [-0.39, 0.29) is 12.6 Å². The fourth-order valence-electron chi connectivity index (χ4n) is 1.33. The number of rotatable bonds is 3. The van der Waals surface area contributed by atoms with E-state index in [1.54, 1.807) is 6.92 Å². The van der Waals surface area contributed by atoms with Gasteiger partial charge in [-0.05, 0) is 31.9 Å². The van der Waals surface area contributed by atoms with Crippen molar-refractivity contribution >= 4 is 6.09 Å². The van der Waals surface area contributed by atoms with Gasteiger partial charge < -0.3 is 15.2 Å². The molecule has 0 aliphatic heterocycles. The number of aliphatic hydroxyl groups excluding tert-OH is 1. The number of aryl methyl sites for hydroxylation is 2. The molecule has 0 saturated heterocycles. The summed E-state index contributed by atoms with van der Waals surface area (Å²) in [7, 11) is 0. The van der Waals surface area contributed by atoms with E-state index in [9.17, 15) is 4.79 Å². The lowest BCUT2D eigenvalue weighted by Crippen LogP contribution is -2.37. The molecule has 0 spiro atoms. The Hall–Kier alpha value is -1.55. The van der Waals surface area contributed by atoms with Gasteiger partial charge in [-0.1, -0.05) is 18.2 Å². The molecule has 1 rings (SSSR count). The normalized spacial score (nSPS) is 12.0. The van der Waals surface area contributed by atoms with Crippen LogP contribution in [0.25, 0.3) is 0 Å². The van der Waals surface area contributed by atoms with Crippen LogP contribution in [0.2, 0.25) is 0 Å². The molecule has 0 heterocycles. The van der Waals surface area contributed by atoms with E-state index in [1.165, 1.54) is 0 Å². The highest BCUT2D eigenvalue weighted by atomic mass is 16.6. The molecular formula is C12H17NO3. The molecular weight excluding hydrogens is 206 g/mol. The van der Waals surface area contributed by atoms with E-state index < -0.39 is 6.09 Å². The van der Waals surface area contributed by atoms with Crippen LogP contribution < -0.4 is 10.1 Å². The fourth-order valence-corrected chi connectivity index (χ4v) is 1.33. The molecule has 1 aromatic carbocycles. The third-order valence-electron chi connectivity index (χ3n) is 2.24. The third kappa shape index (κ3) is 3.24. The number of aliphatic hydroxyl groups is 1. The highest BCUT2D eigenvalue weighted by Crippen LogP contribution is 2.22. The summed E-state index contributed by atoms with van der Waals surface area (Å²) in [4.78, 5) is 11.4. The first-order valence-corrected chi connectivity index (χ1v) is 5.20. The maximum Gasteiger partial charge on any atom is 0.412 e. The molecule has 1 aromatic rings. The monoisotopic (exact) mass is 223 g/mol. The molecule has 0 aromatic heterocycles. The summed E-state index contributed by atoms with van der Waals surface area (Å²) in [5, 5.41) is 11.3. The largest absolute Gasteiger partial charge is 0.412 e. The van der Waals surface area contributed by atoms with Crippen LogP contribution in [0.1, 0.15) is 18.1 Å². The Morgan fingerprint density at radius 1 is 1.44 bits per heavy atom. The predicted molar refractivity (Wildman–Crippen MR) is 61.6 cm³/mol. The second-order valence-corrected chi connectivity index (χ2v) is 3.84. The van der Waals surface area contributed by atoms with Crippen LogP contribution in [0.3, 0.4) is 0 Å². The average Bonchev–Trinajstić information content (AvgIpc) is 2.23. The molecule has 0 fully saturated rings. The van der Waals surface area contributed by atoms with Crippen molar-refractivity contribution in [3.8, 4) is 5.75 Å². The summed E-state index contributed by atoms with van der Waals surface area (Å²) >= 11 is 0. The van der Waals surface area contributed by atoms with Gasteiger partial charge in [0.25, 0.3) is 0 Å². The number of amides is 1. The van der Waals surface area contributed by atoms with Gasteiger partial charge in [0.15, 0.2) is 0 Å². The summed E-state index contributed by atoms with van der Waals surface area (Å²) in [6.45, 7) is 5.35. The fraction of sp³-hybridized carbons (Fsp3) is 0.417. The Labute approximate surface area is 95.2 Å². The number of benzene rings is 1. The van der Waals surface area contributed by atoms with Crippen LogP contribution in [0.4, 0.5) is 4.79 Å². The van der Waals surface area contributed by atoms with Crippen LogP contribution in [0, 0.1) is 13.8 Å². The zero-order valence-corrected chi connectivity index (χ0v) is 9.78. The maximum atomic E-state index is 11.4. The van der Waals surface area contributed by atoms with E-state index in [1.807, 2.05) is 32.0 Å². The molecule has 4 heteroatoms. The second kappa shape index (κ2) is 5.51. The van der Waals surface area contributed by atoms with Gasteiger partial charge in [0.1, 0.15) is 5.75 Å². The molecule has 0 bridgehead atoms. The van der Waals surface area contributed by atoms with Gasteiger partial charge in [-0.3, -0.25) is 0 Å². The van der Waals surface area contributed by atoms with Crippen molar-refractivity contribution in [2.24, 2.45) is 0 Å². The van der Waals surface area contributed by atoms with E-state index >= 15 is 0 Å². The Kier molecular flexibility index (Phi) is 4.31. The van der Waals surface area contributed by atoms with Gasteiger partial charge in [-0.15, -0.1) is 0 Å². The number of hydrogen-bond donors (Lipinski definition) is 2. The first-order chi connectivity index (χ1) is 7.54. The van der Waals surface area contributed by atoms with Gasteiger partial charge in [0.2, 0.25) is 0 Å². The number of carbonyl (C=O) groups excluding carboxylic acids is 1. The molecule has 0 radical (unpaired) electrons. The SMILES string of the molecule is Cc1cccc(C)c1OC(=O)NC(C)CO. The average molecular weight is 223 g/mol. The maximum absolute atomic E-state index is 11.4. The van der Waals surface area contributed by atoms with Crippen molar-refractivity contribution in [2.45, 2.75) is 26.8 Å². The molecule has 0 saturated carbocycles. The lowest BCUT2D eigenvalue weighted by Gasteiger charge is -2.13. The van der Waals surface area contributed by atoms with Gasteiger partial charge in [-0.2, -0.15) is 0 Å². The minimum atomic E-state index is -0.543. The smallest absolute Gasteiger partial charge is 0.410 e. The van der Waals surface area contributed by atoms with Crippen LogP contribution in [-0.2, 0) is 0 Å². The third-order valence-corrected chi connectivity index (χ3v) is 2.24. The Morgan fingerprint density at radius 2 is 2.00 bits per heavy atom. The zero-order valence-electron chi connectivity index (χ0n) is 9.78. The quantitative estimate of drug-likeness (QED) is 0.821. The number of carbonyl (C=O) groups is 1. The van der Waals surface area contributed by atoms with Crippen LogP contribution in [0.5, 0.6) is 5.75 Å². The van der Waals surface area contributed by atoms with Crippen molar-refractivity contribution in [2.75, 3.05) is 6.61 Å². The predicted octanol–water partition coefficient (Wildman–Crippen LogP) is 1.77. The highest BCUT2D eigenvalue weighted by molar-refractivity contribution is 5.71. The number of para-hydroxylation sites is 1. The molecule has 88 valence electrons. The lowest BCUT2D eigenvalue weighted by molar-refractivity contribution is 0.185. The van der Waals surface area contributed by atoms with Gasteiger partial charge in [-0.25, -0.2) is 4.79 Å². The molecule has 1 amide bonds. The van der Waals surface area contributed by atoms with Gasteiger partial charge in [0, 0.05) is 0 Å². The molecule has 4 nitrogen and oxygen atoms in total. The number of nitrogens with one attached hydrogen (secondary N) is 1. The zero-order chi connectivity index (χ0) is 12.1. The first kappa shape index (κ1) is 12.5. The number of hydrogen-bond acceptors (Lipinski definition) is 3. The van der Waals surface area contributed by atoms with E-state index in [0.29, 0.717) is 5.75 Å². The molecule has 1 atom stereocenters. The van der Waals surface area contributed by atoms with Crippen LogP contribution in [-0.4, -0.2) is 23.8 Å². The van der Waals surface area contributed by atoms with Crippen molar-refractivity contribution in [3.05, 3.63) is 29.3 Å². The first-order valence-electron chi connectivity index (χ1n) is 5.20. The molecule has 16 heavy (non-hydrogen) atoms. The van der Waals surface area contributed by atoms with Crippen molar-refractivity contribution in [3.63, 3.8) is 0 Å². The van der Waals surface area contributed by atoms with Gasteiger partial charge >= 0.3 is 6.09 Å². The minimum Gasteiger partial charge on any atom is -0.410 e. The summed E-state index contributed by atoms with van der Waals surface area (Å²) in [5.41, 5.74) is 1.82. The van der Waals surface area contributed by atoms with Crippen molar-refractivity contribution in [1.82, 2.24) is 5.32 Å². The molecule has 0 aliphatic rings. The van der Waals surface area contributed by atoms with Crippen LogP contribution in [0.15, 0.2) is 18.2 Å². The minimum absolute atomic E-state index is 0.109. The van der Waals surface area contributed by atoms with E-state index in [0.717, 1.165) is 11.1 Å². The standard InChI is InChI=1S/C12H17NO3/c1-8-5-4-6-9(2)11(8)16-12(15)13-10(3)7-14/h4-6,10,14H,7H2,1-3H3,(H,13,15). The Balaban J connectivity index is 2.70. The summed E-state index contributed by atoms with van der Waals surface area (Å²) in [5.74, 6) is 0.574. The molecule has 0 aliphatic carbocycles. The Morgan fingerprint density at radius 3 is 2.50 bits per heavy atom. The summed E-state index contributed by atoms with van der Waals surface area (Å²) in [6, 6.07) is 5.36. The van der Waals surface area contributed by atoms with Gasteiger partial charge in [0.05, 0.1) is 12.6 Å². The highest BCUT2D eigenvalue weighted by Gasteiger charge is 2.11. The summed E-state index contributed by atoms with van der Waals surface area (Å²) in [6.07, 6.45) is -0.543. The van der Waals surface area contributed by atoms with Crippen LogP contribution >= 0.6 is 0 Å². The topological polar surface area (TPSA) is 58.6 Å². The molecule has 2 N–H and O–H groups in total. The second-order valence-electron chi connectivity index (χ2n) is 3.84. The lowest BCUT2D eigenvalue weighted by atomic mass is 10.1. The number of ether oxygens (including phenoxy) is 1. The molecule has 1 unspecified atom stereocenters. The van der Waals surface area contributed by atoms with Crippen molar-refractivity contribution in [1.29, 1.82) is 0 Å². The van der Waals surface area contributed by atoms with Crippen molar-refractivity contribution < 1.29 is 14.6 Å². The van der Waals surface area contributed by atoms with E-state index in [4.69, 9.17) is 9.84 Å². The van der Waals surface area contributed by atoms with E-state index in [2.05, 4.69) is 5.32 Å². The Bertz CT molecular complexity index is 356. The summed E-state index contributed by atoms with van der Waals surface area (Å²) < 4.78 is 5.19.